The van der Waals surface area contributed by atoms with Gasteiger partial charge >= 0.3 is 0 Å². The average molecular weight is 245 g/mol. The maximum Gasteiger partial charge on any atom is 0.269 e. The van der Waals surface area contributed by atoms with E-state index in [9.17, 15) is 10.1 Å². The Hall–Kier alpha value is -2.63. The number of benzene rings is 1. The summed E-state index contributed by atoms with van der Waals surface area (Å²) in [5.41, 5.74) is 3.47. The van der Waals surface area contributed by atoms with Crippen molar-refractivity contribution in [3.63, 3.8) is 0 Å². The van der Waals surface area contributed by atoms with Gasteiger partial charge < -0.3 is 4.42 Å². The highest BCUT2D eigenvalue weighted by Crippen LogP contribution is 2.15. The molecule has 0 amide bonds. The van der Waals surface area contributed by atoms with Gasteiger partial charge in [0.25, 0.3) is 5.69 Å². The highest BCUT2D eigenvalue weighted by Gasteiger charge is 2.02. The smallest absolute Gasteiger partial charge is 0.269 e. The molecule has 0 radical (unpaired) electrons. The first-order chi connectivity index (χ1) is 8.65. The predicted octanol–water partition coefficient (Wildman–Crippen LogP) is 2.94. The maximum atomic E-state index is 10.5. The van der Waals surface area contributed by atoms with E-state index in [4.69, 9.17) is 4.42 Å². The fraction of sp³-hybridized carbons (Fsp3) is 0.0833. The van der Waals surface area contributed by atoms with Gasteiger partial charge in [-0.25, -0.2) is 0 Å². The number of nitro groups is 1. The third-order valence-corrected chi connectivity index (χ3v) is 2.22. The minimum absolute atomic E-state index is 0.0474. The molecule has 0 aliphatic rings. The molecule has 0 bridgehead atoms. The van der Waals surface area contributed by atoms with Gasteiger partial charge in [0.2, 0.25) is 0 Å². The molecule has 0 saturated heterocycles. The summed E-state index contributed by atoms with van der Waals surface area (Å²) < 4.78 is 5.29. The first-order valence-electron chi connectivity index (χ1n) is 5.25. The van der Waals surface area contributed by atoms with Crippen molar-refractivity contribution in [3.05, 3.63) is 58.0 Å². The molecule has 1 aromatic carbocycles. The fourth-order valence-electron chi connectivity index (χ4n) is 1.35. The Balaban J connectivity index is 1.98. The molecule has 0 spiro atoms. The molecular formula is C12H11N3O3. The summed E-state index contributed by atoms with van der Waals surface area (Å²) in [6.45, 7) is 1.85. The number of hydrogen-bond donors (Lipinski definition) is 1. The number of rotatable bonds is 4. The van der Waals surface area contributed by atoms with Crippen LogP contribution in [-0.2, 0) is 0 Å². The number of nitrogens with zero attached hydrogens (tertiary/aromatic N) is 2. The zero-order valence-corrected chi connectivity index (χ0v) is 9.66. The van der Waals surface area contributed by atoms with E-state index in [1.54, 1.807) is 18.2 Å². The number of hydrogen-bond acceptors (Lipinski definition) is 5. The van der Waals surface area contributed by atoms with Gasteiger partial charge in [-0.15, -0.1) is 0 Å². The number of nitrogens with one attached hydrogen (secondary N) is 1. The molecule has 0 aliphatic heterocycles. The van der Waals surface area contributed by atoms with E-state index in [2.05, 4.69) is 10.5 Å². The topological polar surface area (TPSA) is 80.7 Å². The monoisotopic (exact) mass is 245 g/mol. The van der Waals surface area contributed by atoms with E-state index in [-0.39, 0.29) is 5.69 Å². The van der Waals surface area contributed by atoms with Crippen molar-refractivity contribution in [2.45, 2.75) is 6.92 Å². The Morgan fingerprint density at radius 2 is 2.00 bits per heavy atom. The largest absolute Gasteiger partial charge is 0.460 e. The molecule has 1 heterocycles. The van der Waals surface area contributed by atoms with Crippen molar-refractivity contribution in [2.75, 3.05) is 5.43 Å². The lowest BCUT2D eigenvalue weighted by atomic mass is 10.3. The van der Waals surface area contributed by atoms with Crippen molar-refractivity contribution in [1.82, 2.24) is 0 Å². The van der Waals surface area contributed by atoms with Gasteiger partial charge in [-0.05, 0) is 31.2 Å². The zero-order chi connectivity index (χ0) is 13.0. The van der Waals surface area contributed by atoms with Crippen LogP contribution in [0.4, 0.5) is 11.4 Å². The van der Waals surface area contributed by atoms with Crippen LogP contribution in [0.1, 0.15) is 11.5 Å². The van der Waals surface area contributed by atoms with Crippen LogP contribution in [-0.4, -0.2) is 11.1 Å². The number of aryl methyl sites for hydroxylation is 1. The van der Waals surface area contributed by atoms with Gasteiger partial charge in [0.1, 0.15) is 11.5 Å². The summed E-state index contributed by atoms with van der Waals surface area (Å²) in [7, 11) is 0. The van der Waals surface area contributed by atoms with E-state index in [1.807, 2.05) is 13.0 Å². The predicted molar refractivity (Wildman–Crippen MR) is 67.8 cm³/mol. The normalized spacial score (nSPS) is 10.7. The van der Waals surface area contributed by atoms with Crippen LogP contribution in [0.15, 0.2) is 45.9 Å². The van der Waals surface area contributed by atoms with Crippen molar-refractivity contribution >= 4 is 17.6 Å². The number of non-ortho nitro benzene ring substituents is 1. The van der Waals surface area contributed by atoms with Gasteiger partial charge in [0.05, 0.1) is 16.8 Å². The Kier molecular flexibility index (Phi) is 3.38. The van der Waals surface area contributed by atoms with Gasteiger partial charge in [-0.1, -0.05) is 0 Å². The Morgan fingerprint density at radius 1 is 1.28 bits per heavy atom. The third-order valence-electron chi connectivity index (χ3n) is 2.22. The fourth-order valence-corrected chi connectivity index (χ4v) is 1.35. The van der Waals surface area contributed by atoms with Crippen molar-refractivity contribution in [1.29, 1.82) is 0 Å². The molecule has 6 heteroatoms. The quantitative estimate of drug-likeness (QED) is 0.510. The SMILES string of the molecule is Cc1ccc(/C=N/Nc2ccc([N+](=O)[O-])cc2)o1. The number of furan rings is 1. The van der Waals surface area contributed by atoms with Crippen LogP contribution in [0.2, 0.25) is 0 Å². The summed E-state index contributed by atoms with van der Waals surface area (Å²) in [5, 5.41) is 14.4. The van der Waals surface area contributed by atoms with Crippen molar-refractivity contribution in [2.24, 2.45) is 5.10 Å². The molecule has 1 aromatic heterocycles. The maximum absolute atomic E-state index is 10.5. The Morgan fingerprint density at radius 3 is 2.56 bits per heavy atom. The second-order valence-corrected chi connectivity index (χ2v) is 3.62. The summed E-state index contributed by atoms with van der Waals surface area (Å²) in [5.74, 6) is 1.45. The Labute approximate surface area is 103 Å². The molecule has 0 aliphatic carbocycles. The van der Waals surface area contributed by atoms with E-state index < -0.39 is 4.92 Å². The van der Waals surface area contributed by atoms with Crippen LogP contribution >= 0.6 is 0 Å². The first kappa shape index (κ1) is 11.8. The molecule has 0 atom stereocenters. The summed E-state index contributed by atoms with van der Waals surface area (Å²) in [4.78, 5) is 10.0. The molecule has 0 fully saturated rings. The molecular weight excluding hydrogens is 234 g/mol. The van der Waals surface area contributed by atoms with Crippen molar-refractivity contribution < 1.29 is 9.34 Å². The van der Waals surface area contributed by atoms with E-state index in [0.717, 1.165) is 5.76 Å². The summed E-state index contributed by atoms with van der Waals surface area (Å²) >= 11 is 0. The molecule has 1 N–H and O–H groups in total. The van der Waals surface area contributed by atoms with E-state index in [0.29, 0.717) is 11.4 Å². The zero-order valence-electron chi connectivity index (χ0n) is 9.66. The minimum atomic E-state index is -0.446. The lowest BCUT2D eigenvalue weighted by Crippen LogP contribution is -1.91. The van der Waals surface area contributed by atoms with E-state index >= 15 is 0 Å². The van der Waals surface area contributed by atoms with Crippen LogP contribution in [0.5, 0.6) is 0 Å². The second-order valence-electron chi connectivity index (χ2n) is 3.62. The lowest BCUT2D eigenvalue weighted by molar-refractivity contribution is -0.384. The van der Waals surface area contributed by atoms with Crippen LogP contribution in [0.25, 0.3) is 0 Å². The molecule has 0 saturated carbocycles. The standard InChI is InChI=1S/C12H11N3O3/c1-9-2-7-12(18-9)8-13-14-10-3-5-11(6-4-10)15(16)17/h2-8,14H,1H3/b13-8+. The summed E-state index contributed by atoms with van der Waals surface area (Å²) in [6, 6.07) is 9.64. The molecule has 92 valence electrons. The van der Waals surface area contributed by atoms with Gasteiger partial charge in [0.15, 0.2) is 0 Å². The number of nitro benzene ring substituents is 1. The van der Waals surface area contributed by atoms with Gasteiger partial charge in [-0.3, -0.25) is 15.5 Å². The summed E-state index contributed by atoms with van der Waals surface area (Å²) in [6.07, 6.45) is 1.54. The van der Waals surface area contributed by atoms with E-state index in [1.165, 1.54) is 18.3 Å². The van der Waals surface area contributed by atoms with Crippen LogP contribution in [0, 0.1) is 17.0 Å². The number of anilines is 1. The first-order valence-corrected chi connectivity index (χ1v) is 5.25. The number of hydrazone groups is 1. The minimum Gasteiger partial charge on any atom is -0.460 e. The highest BCUT2D eigenvalue weighted by atomic mass is 16.6. The molecule has 2 rings (SSSR count). The second kappa shape index (κ2) is 5.13. The molecule has 18 heavy (non-hydrogen) atoms. The highest BCUT2D eigenvalue weighted by molar-refractivity contribution is 5.76. The Bertz CT molecular complexity index is 573. The van der Waals surface area contributed by atoms with Crippen molar-refractivity contribution in [3.8, 4) is 0 Å². The third kappa shape index (κ3) is 2.94. The molecule has 0 unspecified atom stereocenters. The van der Waals surface area contributed by atoms with Crippen LogP contribution in [0.3, 0.4) is 0 Å². The van der Waals surface area contributed by atoms with Crippen LogP contribution < -0.4 is 5.43 Å². The lowest BCUT2D eigenvalue weighted by Gasteiger charge is -1.98. The van der Waals surface area contributed by atoms with Gasteiger partial charge in [-0.2, -0.15) is 5.10 Å². The average Bonchev–Trinajstić information content (AvgIpc) is 2.76. The molecule has 2 aromatic rings. The van der Waals surface area contributed by atoms with Gasteiger partial charge in [0, 0.05) is 12.1 Å². The molecule has 6 nitrogen and oxygen atoms in total.